The van der Waals surface area contributed by atoms with Crippen LogP contribution in [0.15, 0.2) is 42.5 Å². The van der Waals surface area contributed by atoms with Gasteiger partial charge in [-0.05, 0) is 54.8 Å². The van der Waals surface area contributed by atoms with E-state index in [-0.39, 0.29) is 11.9 Å². The molecule has 0 N–H and O–H groups in total. The number of nitrogens with zero attached hydrogens (tertiary/aromatic N) is 1. The number of rotatable bonds is 6. The van der Waals surface area contributed by atoms with Gasteiger partial charge in [-0.25, -0.2) is 4.39 Å². The van der Waals surface area contributed by atoms with Gasteiger partial charge in [-0.1, -0.05) is 25.1 Å². The SMILES string of the molecule is CC[C@@H](C)Oc1ccc(/C=C(/C#N)c2cccc(F)c2)cc1OC. The van der Waals surface area contributed by atoms with E-state index in [2.05, 4.69) is 6.07 Å². The van der Waals surface area contributed by atoms with E-state index in [1.165, 1.54) is 12.1 Å². The molecule has 0 spiro atoms. The third kappa shape index (κ3) is 4.36. The van der Waals surface area contributed by atoms with Crippen LogP contribution < -0.4 is 9.47 Å². The first-order valence-electron chi connectivity index (χ1n) is 7.79. The summed E-state index contributed by atoms with van der Waals surface area (Å²) in [6, 6.07) is 13.5. The molecule has 0 saturated heterocycles. The zero-order valence-corrected chi connectivity index (χ0v) is 14.0. The number of hydrogen-bond acceptors (Lipinski definition) is 3. The lowest BCUT2D eigenvalue weighted by Crippen LogP contribution is -2.10. The molecule has 1 atom stereocenters. The average Bonchev–Trinajstić information content (AvgIpc) is 2.60. The van der Waals surface area contributed by atoms with Crippen molar-refractivity contribution in [1.29, 1.82) is 5.26 Å². The number of allylic oxidation sites excluding steroid dienone is 1. The summed E-state index contributed by atoms with van der Waals surface area (Å²) in [5.41, 5.74) is 1.70. The first-order valence-corrected chi connectivity index (χ1v) is 7.79. The Morgan fingerprint density at radius 2 is 2.04 bits per heavy atom. The highest BCUT2D eigenvalue weighted by Crippen LogP contribution is 2.31. The van der Waals surface area contributed by atoms with Crippen molar-refractivity contribution in [1.82, 2.24) is 0 Å². The Balaban J connectivity index is 2.36. The van der Waals surface area contributed by atoms with Crippen molar-refractivity contribution in [3.63, 3.8) is 0 Å². The predicted octanol–water partition coefficient (Wildman–Crippen LogP) is 5.08. The molecule has 2 aromatic rings. The molecule has 0 radical (unpaired) electrons. The normalized spacial score (nSPS) is 12.4. The zero-order chi connectivity index (χ0) is 17.5. The summed E-state index contributed by atoms with van der Waals surface area (Å²) in [4.78, 5) is 0. The summed E-state index contributed by atoms with van der Waals surface area (Å²) >= 11 is 0. The summed E-state index contributed by atoms with van der Waals surface area (Å²) in [6.07, 6.45) is 2.68. The lowest BCUT2D eigenvalue weighted by atomic mass is 10.0. The van der Waals surface area contributed by atoms with Crippen LogP contribution in [0.1, 0.15) is 31.4 Å². The lowest BCUT2D eigenvalue weighted by Gasteiger charge is -2.15. The largest absolute Gasteiger partial charge is 0.493 e. The van der Waals surface area contributed by atoms with Gasteiger partial charge in [-0.2, -0.15) is 5.26 Å². The molecule has 0 bridgehead atoms. The van der Waals surface area contributed by atoms with Gasteiger partial charge in [-0.3, -0.25) is 0 Å². The van der Waals surface area contributed by atoms with Gasteiger partial charge in [0.1, 0.15) is 5.82 Å². The molecule has 3 nitrogen and oxygen atoms in total. The molecule has 0 aliphatic carbocycles. The molecule has 2 rings (SSSR count). The Bertz CT molecular complexity index is 777. The van der Waals surface area contributed by atoms with E-state index in [0.717, 1.165) is 12.0 Å². The van der Waals surface area contributed by atoms with Crippen LogP contribution in [0.5, 0.6) is 11.5 Å². The highest BCUT2D eigenvalue weighted by molar-refractivity contribution is 5.89. The van der Waals surface area contributed by atoms with E-state index in [9.17, 15) is 9.65 Å². The van der Waals surface area contributed by atoms with E-state index in [1.54, 1.807) is 31.4 Å². The van der Waals surface area contributed by atoms with Crippen molar-refractivity contribution in [2.45, 2.75) is 26.4 Å². The van der Waals surface area contributed by atoms with Crippen LogP contribution >= 0.6 is 0 Å². The van der Waals surface area contributed by atoms with Crippen molar-refractivity contribution in [2.75, 3.05) is 7.11 Å². The Labute approximate surface area is 142 Å². The standard InChI is InChI=1S/C20H20FNO2/c1-4-14(2)24-19-9-8-15(11-20(19)23-3)10-17(13-22)16-6-5-7-18(21)12-16/h5-12,14H,4H2,1-3H3/b17-10-/t14-/m1/s1. The van der Waals surface area contributed by atoms with Crippen LogP contribution in [0, 0.1) is 17.1 Å². The molecule has 0 fully saturated rings. The molecule has 2 aromatic carbocycles. The zero-order valence-electron chi connectivity index (χ0n) is 14.0. The van der Waals surface area contributed by atoms with Crippen LogP contribution in [0.25, 0.3) is 11.6 Å². The van der Waals surface area contributed by atoms with Crippen molar-refractivity contribution in [3.8, 4) is 17.6 Å². The molecule has 0 saturated carbocycles. The van der Waals surface area contributed by atoms with E-state index in [0.29, 0.717) is 22.6 Å². The Kier molecular flexibility index (Phi) is 5.97. The predicted molar refractivity (Wildman–Crippen MR) is 93.3 cm³/mol. The number of nitriles is 1. The van der Waals surface area contributed by atoms with Gasteiger partial charge in [0.05, 0.1) is 24.9 Å². The van der Waals surface area contributed by atoms with E-state index < -0.39 is 0 Å². The van der Waals surface area contributed by atoms with Crippen LogP contribution in [0.4, 0.5) is 4.39 Å². The van der Waals surface area contributed by atoms with Crippen LogP contribution in [-0.2, 0) is 0 Å². The van der Waals surface area contributed by atoms with Gasteiger partial charge in [0.2, 0.25) is 0 Å². The van der Waals surface area contributed by atoms with Gasteiger partial charge in [0, 0.05) is 0 Å². The van der Waals surface area contributed by atoms with E-state index in [4.69, 9.17) is 9.47 Å². The fourth-order valence-corrected chi connectivity index (χ4v) is 2.17. The van der Waals surface area contributed by atoms with Gasteiger partial charge < -0.3 is 9.47 Å². The Morgan fingerprint density at radius 1 is 1.25 bits per heavy atom. The minimum Gasteiger partial charge on any atom is -0.493 e. The molecule has 4 heteroatoms. The second-order valence-corrected chi connectivity index (χ2v) is 5.43. The van der Waals surface area contributed by atoms with Gasteiger partial charge in [0.25, 0.3) is 0 Å². The van der Waals surface area contributed by atoms with Crippen molar-refractivity contribution in [2.24, 2.45) is 0 Å². The average molecular weight is 325 g/mol. The number of methoxy groups -OCH3 is 1. The fourth-order valence-electron chi connectivity index (χ4n) is 2.17. The summed E-state index contributed by atoms with van der Waals surface area (Å²) in [7, 11) is 1.57. The number of benzene rings is 2. The molecule has 0 aromatic heterocycles. The topological polar surface area (TPSA) is 42.2 Å². The minimum absolute atomic E-state index is 0.0854. The lowest BCUT2D eigenvalue weighted by molar-refractivity contribution is 0.207. The molecule has 0 heterocycles. The monoisotopic (exact) mass is 325 g/mol. The summed E-state index contributed by atoms with van der Waals surface area (Å²) in [5, 5.41) is 9.37. The first-order chi connectivity index (χ1) is 11.6. The highest BCUT2D eigenvalue weighted by atomic mass is 19.1. The first kappa shape index (κ1) is 17.6. The molecule has 0 aliphatic heterocycles. The third-order valence-electron chi connectivity index (χ3n) is 3.66. The van der Waals surface area contributed by atoms with Crippen LogP contribution in [-0.4, -0.2) is 13.2 Å². The summed E-state index contributed by atoms with van der Waals surface area (Å²) in [5.74, 6) is 0.886. The Morgan fingerprint density at radius 3 is 2.67 bits per heavy atom. The number of hydrogen-bond donors (Lipinski definition) is 0. The second-order valence-electron chi connectivity index (χ2n) is 5.43. The minimum atomic E-state index is -0.372. The van der Waals surface area contributed by atoms with E-state index in [1.807, 2.05) is 26.0 Å². The van der Waals surface area contributed by atoms with Crippen molar-refractivity contribution >= 4 is 11.6 Å². The summed E-state index contributed by atoms with van der Waals surface area (Å²) < 4.78 is 24.5. The van der Waals surface area contributed by atoms with Crippen molar-refractivity contribution in [3.05, 3.63) is 59.4 Å². The van der Waals surface area contributed by atoms with Gasteiger partial charge in [-0.15, -0.1) is 0 Å². The molecular formula is C20H20FNO2. The quantitative estimate of drug-likeness (QED) is 0.549. The molecule has 24 heavy (non-hydrogen) atoms. The molecular weight excluding hydrogens is 305 g/mol. The fraction of sp³-hybridized carbons (Fsp3) is 0.250. The smallest absolute Gasteiger partial charge is 0.161 e. The number of ether oxygens (including phenoxy) is 2. The highest BCUT2D eigenvalue weighted by Gasteiger charge is 2.09. The maximum absolute atomic E-state index is 13.4. The third-order valence-corrected chi connectivity index (χ3v) is 3.66. The maximum atomic E-state index is 13.4. The van der Waals surface area contributed by atoms with Gasteiger partial charge in [0.15, 0.2) is 11.5 Å². The van der Waals surface area contributed by atoms with E-state index >= 15 is 0 Å². The maximum Gasteiger partial charge on any atom is 0.161 e. The summed E-state index contributed by atoms with van der Waals surface area (Å²) in [6.45, 7) is 4.04. The van der Waals surface area contributed by atoms with Crippen LogP contribution in [0.2, 0.25) is 0 Å². The second kappa shape index (κ2) is 8.16. The van der Waals surface area contributed by atoms with Crippen molar-refractivity contribution < 1.29 is 13.9 Å². The van der Waals surface area contributed by atoms with Crippen LogP contribution in [0.3, 0.4) is 0 Å². The Hall–Kier alpha value is -2.80. The molecule has 0 aliphatic rings. The van der Waals surface area contributed by atoms with Gasteiger partial charge >= 0.3 is 0 Å². The molecule has 124 valence electrons. The molecule has 0 amide bonds. The number of halogens is 1. The molecule has 0 unspecified atom stereocenters.